The van der Waals surface area contributed by atoms with Crippen LogP contribution in [-0.4, -0.2) is 37.4 Å². The summed E-state index contributed by atoms with van der Waals surface area (Å²) >= 11 is 0. The summed E-state index contributed by atoms with van der Waals surface area (Å²) in [5.41, 5.74) is 1.35. The minimum atomic E-state index is -1.91. The second-order valence-corrected chi connectivity index (χ2v) is 7.99. The fraction of sp³-hybridized carbons (Fsp3) is 0.348. The Hall–Kier alpha value is -3.23. The number of carbonyl (C=O) groups is 1. The van der Waals surface area contributed by atoms with Gasteiger partial charge in [0, 0.05) is 16.5 Å². The molecule has 0 unspecified atom stereocenters. The monoisotopic (exact) mass is 422 g/mol. The molecule has 0 radical (unpaired) electrons. The van der Waals surface area contributed by atoms with Crippen LogP contribution in [-0.2, 0) is 28.2 Å². The van der Waals surface area contributed by atoms with E-state index >= 15 is 0 Å². The number of rotatable bonds is 3. The van der Waals surface area contributed by atoms with Crippen LogP contribution in [0.3, 0.4) is 0 Å². The van der Waals surface area contributed by atoms with Gasteiger partial charge in [0.2, 0.25) is 0 Å². The largest absolute Gasteiger partial charge is 0.508 e. The highest BCUT2D eigenvalue weighted by Crippen LogP contribution is 2.44. The van der Waals surface area contributed by atoms with Gasteiger partial charge in [-0.05, 0) is 42.7 Å². The zero-order valence-electron chi connectivity index (χ0n) is 17.2. The van der Waals surface area contributed by atoms with Gasteiger partial charge >= 0.3 is 5.97 Å². The summed E-state index contributed by atoms with van der Waals surface area (Å²) in [4.78, 5) is 30.6. The molecule has 3 N–H and O–H groups in total. The summed E-state index contributed by atoms with van der Waals surface area (Å²) in [6.45, 7) is 3.06. The summed E-state index contributed by atoms with van der Waals surface area (Å²) in [6, 6.07) is 5.86. The van der Waals surface area contributed by atoms with Gasteiger partial charge in [0.05, 0.1) is 35.1 Å². The molecule has 8 heteroatoms. The molecule has 8 nitrogen and oxygen atoms in total. The van der Waals surface area contributed by atoms with Crippen LogP contribution < -0.4 is 5.56 Å². The number of aliphatic hydroxyl groups is 2. The van der Waals surface area contributed by atoms with Crippen LogP contribution in [0.1, 0.15) is 48.6 Å². The van der Waals surface area contributed by atoms with E-state index in [1.165, 1.54) is 4.57 Å². The van der Waals surface area contributed by atoms with Crippen LogP contribution in [0.15, 0.2) is 29.1 Å². The minimum absolute atomic E-state index is 0.0582. The molecule has 2 aliphatic heterocycles. The standard InChI is InChI=1S/C23H22N2O6/c1-3-12-13-7-11(27)5-6-16(13)24-20-17-8-15-14(10-31-22(29)23(15,30)4-2)21(28)25(17)18(9-26)19(12)20/h5-8,18,26-27,30H,3-4,9-10H2,1-2H3/t18-,23-/m0/s1. The van der Waals surface area contributed by atoms with Crippen LogP contribution in [0.25, 0.3) is 22.3 Å². The Morgan fingerprint density at radius 3 is 2.71 bits per heavy atom. The number of pyridine rings is 2. The second kappa shape index (κ2) is 6.63. The number of nitrogens with zero attached hydrogens (tertiary/aromatic N) is 2. The zero-order valence-corrected chi connectivity index (χ0v) is 17.2. The van der Waals surface area contributed by atoms with Gasteiger partial charge < -0.3 is 20.1 Å². The molecule has 0 saturated carbocycles. The van der Waals surface area contributed by atoms with Gasteiger partial charge in [0.1, 0.15) is 12.4 Å². The summed E-state index contributed by atoms with van der Waals surface area (Å²) in [6.07, 6.45) is 0.660. The Kier molecular flexibility index (Phi) is 4.22. The Bertz CT molecular complexity index is 1330. The fourth-order valence-electron chi connectivity index (χ4n) is 4.93. The van der Waals surface area contributed by atoms with Crippen molar-refractivity contribution in [3.8, 4) is 17.1 Å². The van der Waals surface area contributed by atoms with Gasteiger partial charge in [-0.3, -0.25) is 9.36 Å². The van der Waals surface area contributed by atoms with Crippen molar-refractivity contribution in [3.05, 3.63) is 56.9 Å². The lowest BCUT2D eigenvalue weighted by molar-refractivity contribution is -0.172. The third-order valence-electron chi connectivity index (χ3n) is 6.52. The molecule has 0 amide bonds. The maximum absolute atomic E-state index is 13.5. The topological polar surface area (TPSA) is 122 Å². The molecule has 2 atom stereocenters. The van der Waals surface area contributed by atoms with Crippen molar-refractivity contribution in [3.63, 3.8) is 0 Å². The maximum Gasteiger partial charge on any atom is 0.343 e. The summed E-state index contributed by atoms with van der Waals surface area (Å²) in [7, 11) is 0. The Morgan fingerprint density at radius 1 is 1.26 bits per heavy atom. The van der Waals surface area contributed by atoms with E-state index in [4.69, 9.17) is 9.72 Å². The molecule has 4 heterocycles. The number of aryl methyl sites for hydroxylation is 1. The van der Waals surface area contributed by atoms with Gasteiger partial charge in [0.25, 0.3) is 5.56 Å². The number of phenols is 1. The number of aromatic hydroxyl groups is 1. The molecule has 160 valence electrons. The first-order valence-corrected chi connectivity index (χ1v) is 10.3. The van der Waals surface area contributed by atoms with Crippen LogP contribution in [0.5, 0.6) is 5.75 Å². The van der Waals surface area contributed by atoms with Crippen LogP contribution >= 0.6 is 0 Å². The van der Waals surface area contributed by atoms with Gasteiger partial charge in [-0.15, -0.1) is 0 Å². The fourth-order valence-corrected chi connectivity index (χ4v) is 4.93. The first kappa shape index (κ1) is 19.7. The normalized spacial score (nSPS) is 21.5. The Balaban J connectivity index is 1.90. The molecule has 0 aliphatic carbocycles. The van der Waals surface area contributed by atoms with E-state index in [1.807, 2.05) is 6.92 Å². The van der Waals surface area contributed by atoms with Crippen LogP contribution in [0.4, 0.5) is 0 Å². The van der Waals surface area contributed by atoms with Gasteiger partial charge in [-0.1, -0.05) is 13.8 Å². The van der Waals surface area contributed by atoms with Crippen LogP contribution in [0.2, 0.25) is 0 Å². The molecular weight excluding hydrogens is 400 g/mol. The molecule has 0 saturated heterocycles. The molecule has 5 rings (SSSR count). The van der Waals surface area contributed by atoms with E-state index < -0.39 is 23.2 Å². The Labute approximate surface area is 177 Å². The molecule has 0 spiro atoms. The summed E-state index contributed by atoms with van der Waals surface area (Å²) in [5.74, 6) is -0.670. The third kappa shape index (κ3) is 2.46. The molecule has 0 bridgehead atoms. The Morgan fingerprint density at radius 2 is 2.03 bits per heavy atom. The van der Waals surface area contributed by atoms with Gasteiger partial charge in [0.15, 0.2) is 5.60 Å². The molecule has 2 aliphatic rings. The lowest BCUT2D eigenvalue weighted by Crippen LogP contribution is -2.44. The molecular formula is C23H22N2O6. The SMILES string of the molecule is CCc1c2c(nc3ccc(O)cc13)-c1cc3c(c(=O)n1[C@H]2CO)COC(=O)[C@]3(O)CC. The average Bonchev–Trinajstić information content (AvgIpc) is 3.08. The number of phenolic OH excluding ortho intramolecular Hbond substituents is 1. The van der Waals surface area contributed by atoms with Crippen molar-refractivity contribution in [2.45, 2.75) is 44.9 Å². The number of aliphatic hydroxyl groups excluding tert-OH is 1. The van der Waals surface area contributed by atoms with Crippen molar-refractivity contribution in [2.75, 3.05) is 6.61 Å². The smallest absolute Gasteiger partial charge is 0.343 e. The lowest BCUT2D eigenvalue weighted by Gasteiger charge is -2.32. The number of cyclic esters (lactones) is 1. The lowest BCUT2D eigenvalue weighted by atomic mass is 9.86. The minimum Gasteiger partial charge on any atom is -0.508 e. The highest BCUT2D eigenvalue weighted by molar-refractivity contribution is 5.90. The quantitative estimate of drug-likeness (QED) is 0.551. The number of esters is 1. The summed E-state index contributed by atoms with van der Waals surface area (Å²) < 4.78 is 6.59. The predicted molar refractivity (Wildman–Crippen MR) is 112 cm³/mol. The highest BCUT2D eigenvalue weighted by Gasteiger charge is 2.46. The second-order valence-electron chi connectivity index (χ2n) is 7.99. The number of aromatic nitrogens is 2. The van der Waals surface area contributed by atoms with Crippen molar-refractivity contribution in [1.82, 2.24) is 9.55 Å². The zero-order chi connectivity index (χ0) is 22.1. The number of ether oxygens (including phenoxy) is 1. The van der Waals surface area contributed by atoms with Gasteiger partial charge in [-0.2, -0.15) is 0 Å². The number of hydrogen-bond acceptors (Lipinski definition) is 7. The van der Waals surface area contributed by atoms with Crippen molar-refractivity contribution >= 4 is 16.9 Å². The molecule has 2 aromatic heterocycles. The number of carbonyl (C=O) groups excluding carboxylic acids is 1. The average molecular weight is 422 g/mol. The molecule has 3 aromatic rings. The molecule has 31 heavy (non-hydrogen) atoms. The van der Waals surface area contributed by atoms with Crippen molar-refractivity contribution < 1.29 is 24.9 Å². The number of hydrogen-bond donors (Lipinski definition) is 3. The van der Waals surface area contributed by atoms with E-state index in [0.29, 0.717) is 23.3 Å². The van der Waals surface area contributed by atoms with Crippen LogP contribution in [0, 0.1) is 0 Å². The predicted octanol–water partition coefficient (Wildman–Crippen LogP) is 1.88. The van der Waals surface area contributed by atoms with E-state index in [0.717, 1.165) is 16.5 Å². The highest BCUT2D eigenvalue weighted by atomic mass is 16.6. The first-order chi connectivity index (χ1) is 14.8. The molecule has 1 aromatic carbocycles. The van der Waals surface area contributed by atoms with Crippen molar-refractivity contribution in [1.29, 1.82) is 0 Å². The molecule has 0 fully saturated rings. The number of fused-ring (bicyclic) bond motifs is 5. The first-order valence-electron chi connectivity index (χ1n) is 10.3. The van der Waals surface area contributed by atoms with E-state index in [9.17, 15) is 24.9 Å². The van der Waals surface area contributed by atoms with Crippen molar-refractivity contribution in [2.24, 2.45) is 0 Å². The summed E-state index contributed by atoms with van der Waals surface area (Å²) in [5, 5.41) is 32.0. The van der Waals surface area contributed by atoms with E-state index in [1.54, 1.807) is 31.2 Å². The van der Waals surface area contributed by atoms with E-state index in [-0.39, 0.29) is 36.5 Å². The maximum atomic E-state index is 13.5. The third-order valence-corrected chi connectivity index (χ3v) is 6.52. The van der Waals surface area contributed by atoms with E-state index in [2.05, 4.69) is 0 Å². The number of benzene rings is 1. The van der Waals surface area contributed by atoms with Gasteiger partial charge in [-0.25, -0.2) is 9.78 Å².